The van der Waals surface area contributed by atoms with Crippen molar-refractivity contribution < 1.29 is 66.6 Å². The third-order valence-electron chi connectivity index (χ3n) is 11.0. The lowest BCUT2D eigenvalue weighted by Crippen LogP contribution is -2.12. The Balaban J connectivity index is 1.13. The fourth-order valence-corrected chi connectivity index (χ4v) is 7.19. The van der Waals surface area contributed by atoms with Gasteiger partial charge < -0.3 is 42.6 Å². The predicted octanol–water partition coefficient (Wildman–Crippen LogP) is 10.9. The molecule has 0 radical (unpaired) electrons. The molecular formula is C59H60N2O14. The second kappa shape index (κ2) is 30.4. The van der Waals surface area contributed by atoms with E-state index < -0.39 is 29.8 Å². The normalized spacial score (nSPS) is 10.7. The number of nitrogens with zero attached hydrogens (tertiary/aromatic N) is 2. The lowest BCUT2D eigenvalue weighted by molar-refractivity contribution is -0.139. The molecule has 0 saturated heterocycles. The maximum atomic E-state index is 13.4. The van der Waals surface area contributed by atoms with E-state index in [4.69, 9.17) is 52.6 Å². The largest absolute Gasteiger partial charge is 0.494 e. The Labute approximate surface area is 435 Å². The molecule has 0 bridgehead atoms. The Hall–Kier alpha value is -8.63. The number of fused-ring (bicyclic) bond motifs is 1. The smallest absolute Gasteiger partial charge is 0.343 e. The summed E-state index contributed by atoms with van der Waals surface area (Å²) in [6.45, 7) is 12.6. The molecule has 0 saturated carbocycles. The SMILES string of the molecule is C=CC(=O)OCCCCCCOc1ccc(C(=O)Oc2cccc(-c3nc4ccc(OCCOCCOC(=O)C=C)cc4nc3-c3cccc(OC(=O)c4ccc(OCCCCCCOC(=O)C=C)cc4)c3)c2)cc1. The lowest BCUT2D eigenvalue weighted by Gasteiger charge is -2.14. The molecule has 6 aromatic rings. The highest BCUT2D eigenvalue weighted by Gasteiger charge is 2.18. The van der Waals surface area contributed by atoms with Gasteiger partial charge in [0.25, 0.3) is 0 Å². The van der Waals surface area contributed by atoms with E-state index in [2.05, 4.69) is 19.7 Å². The first kappa shape index (κ1) is 55.7. The summed E-state index contributed by atoms with van der Waals surface area (Å²) in [6.07, 6.45) is 10.2. The van der Waals surface area contributed by atoms with Crippen LogP contribution in [-0.2, 0) is 33.3 Å². The topological polar surface area (TPSA) is 194 Å². The van der Waals surface area contributed by atoms with Crippen LogP contribution in [0.4, 0.5) is 0 Å². The molecule has 390 valence electrons. The van der Waals surface area contributed by atoms with Crippen LogP contribution in [0.2, 0.25) is 0 Å². The molecule has 16 heteroatoms. The van der Waals surface area contributed by atoms with E-state index in [1.54, 1.807) is 103 Å². The molecule has 0 aliphatic carbocycles. The zero-order valence-corrected chi connectivity index (χ0v) is 41.7. The number of aromatic nitrogens is 2. The van der Waals surface area contributed by atoms with Gasteiger partial charge >= 0.3 is 29.8 Å². The maximum absolute atomic E-state index is 13.4. The Kier molecular flexibility index (Phi) is 22.6. The summed E-state index contributed by atoms with van der Waals surface area (Å²) in [7, 11) is 0. The summed E-state index contributed by atoms with van der Waals surface area (Å²) in [5.41, 5.74) is 3.80. The number of ether oxygens (including phenoxy) is 9. The highest BCUT2D eigenvalue weighted by Crippen LogP contribution is 2.35. The summed E-state index contributed by atoms with van der Waals surface area (Å²) in [4.78, 5) is 70.6. The summed E-state index contributed by atoms with van der Waals surface area (Å²) >= 11 is 0. The number of carbonyl (C=O) groups excluding carboxylic acids is 5. The molecule has 0 spiro atoms. The minimum absolute atomic E-state index is 0.0893. The number of hydrogen-bond donors (Lipinski definition) is 0. The highest BCUT2D eigenvalue weighted by molar-refractivity contribution is 5.93. The molecule has 0 atom stereocenters. The average Bonchev–Trinajstić information content (AvgIpc) is 3.43. The van der Waals surface area contributed by atoms with Crippen LogP contribution in [-0.4, -0.2) is 92.7 Å². The summed E-state index contributed by atoms with van der Waals surface area (Å²) < 4.78 is 49.9. The van der Waals surface area contributed by atoms with Gasteiger partial charge in [0.2, 0.25) is 0 Å². The molecule has 0 amide bonds. The van der Waals surface area contributed by atoms with Gasteiger partial charge in [0.1, 0.15) is 42.0 Å². The van der Waals surface area contributed by atoms with Crippen LogP contribution in [0.15, 0.2) is 153 Å². The van der Waals surface area contributed by atoms with Crippen LogP contribution in [0, 0.1) is 0 Å². The van der Waals surface area contributed by atoms with E-state index in [0.717, 1.165) is 69.6 Å². The van der Waals surface area contributed by atoms with Crippen LogP contribution in [0.3, 0.4) is 0 Å². The van der Waals surface area contributed by atoms with Gasteiger partial charge in [-0.25, -0.2) is 33.9 Å². The van der Waals surface area contributed by atoms with Gasteiger partial charge in [-0.3, -0.25) is 0 Å². The highest BCUT2D eigenvalue weighted by atomic mass is 16.6. The van der Waals surface area contributed by atoms with E-state index in [-0.39, 0.29) is 37.9 Å². The van der Waals surface area contributed by atoms with Gasteiger partial charge in [0.15, 0.2) is 0 Å². The number of benzene rings is 5. The van der Waals surface area contributed by atoms with Gasteiger partial charge in [0, 0.05) is 35.4 Å². The molecule has 6 rings (SSSR count). The van der Waals surface area contributed by atoms with Crippen LogP contribution in [0.5, 0.6) is 28.7 Å². The van der Waals surface area contributed by atoms with Crippen molar-refractivity contribution in [2.45, 2.75) is 51.4 Å². The lowest BCUT2D eigenvalue weighted by atomic mass is 10.0. The number of rotatable bonds is 32. The molecule has 0 N–H and O–H groups in total. The standard InChI is InChI=1S/C59H60N2O14/c1-4-53(62)71-33-13-9-7-11-31-68-46-25-21-42(22-26-46)58(65)74-49-19-15-17-44(39-49)56-57(61-52-41-48(29-30-51(52)60-56)70-37-35-67-36-38-73-55(64)6-3)45-18-16-20-50(40-45)75-59(66)43-23-27-47(28-24-43)69-32-12-8-10-14-34-72-54(63)5-2/h4-6,15-30,39-41H,1-3,7-14,31-38H2. The first-order valence-corrected chi connectivity index (χ1v) is 24.6. The molecule has 0 fully saturated rings. The fourth-order valence-electron chi connectivity index (χ4n) is 7.19. The average molecular weight is 1020 g/mol. The Bertz CT molecular complexity index is 2880. The van der Waals surface area contributed by atoms with Crippen molar-refractivity contribution in [1.82, 2.24) is 9.97 Å². The van der Waals surface area contributed by atoms with Gasteiger partial charge in [0.05, 0.1) is 73.2 Å². The zero-order valence-electron chi connectivity index (χ0n) is 41.7. The number of unbranched alkanes of at least 4 members (excludes halogenated alkanes) is 6. The minimum Gasteiger partial charge on any atom is -0.494 e. The minimum atomic E-state index is -0.574. The molecule has 1 heterocycles. The first-order chi connectivity index (χ1) is 36.6. The Morgan fingerprint density at radius 2 is 0.800 bits per heavy atom. The predicted molar refractivity (Wildman–Crippen MR) is 281 cm³/mol. The van der Waals surface area contributed by atoms with E-state index in [1.807, 2.05) is 12.1 Å². The van der Waals surface area contributed by atoms with Crippen LogP contribution in [0.1, 0.15) is 72.1 Å². The molecule has 1 aromatic heterocycles. The third-order valence-corrected chi connectivity index (χ3v) is 11.0. The number of esters is 5. The second-order valence-electron chi connectivity index (χ2n) is 16.6. The van der Waals surface area contributed by atoms with Crippen LogP contribution in [0.25, 0.3) is 33.5 Å². The summed E-state index contributed by atoms with van der Waals surface area (Å²) in [5.74, 6) is -0.230. The van der Waals surface area contributed by atoms with Gasteiger partial charge in [-0.15, -0.1) is 0 Å². The quantitative estimate of drug-likeness (QED) is 0.0127. The number of hydrogen-bond acceptors (Lipinski definition) is 16. The monoisotopic (exact) mass is 1020 g/mol. The van der Waals surface area contributed by atoms with Crippen molar-refractivity contribution in [3.8, 4) is 51.3 Å². The van der Waals surface area contributed by atoms with Crippen molar-refractivity contribution in [2.24, 2.45) is 0 Å². The molecule has 75 heavy (non-hydrogen) atoms. The molecule has 0 aliphatic rings. The molecular weight excluding hydrogens is 961 g/mol. The van der Waals surface area contributed by atoms with Crippen molar-refractivity contribution >= 4 is 40.9 Å². The zero-order chi connectivity index (χ0) is 53.0. The van der Waals surface area contributed by atoms with E-state index in [1.165, 1.54) is 0 Å². The summed E-state index contributed by atoms with van der Waals surface area (Å²) in [5, 5.41) is 0. The van der Waals surface area contributed by atoms with Crippen molar-refractivity contribution in [2.75, 3.05) is 52.9 Å². The van der Waals surface area contributed by atoms with Crippen LogP contribution >= 0.6 is 0 Å². The Morgan fingerprint density at radius 1 is 0.387 bits per heavy atom. The molecule has 0 unspecified atom stereocenters. The van der Waals surface area contributed by atoms with Gasteiger partial charge in [-0.2, -0.15) is 0 Å². The van der Waals surface area contributed by atoms with Crippen LogP contribution < -0.4 is 23.7 Å². The maximum Gasteiger partial charge on any atom is 0.343 e. The molecule has 5 aromatic carbocycles. The summed E-state index contributed by atoms with van der Waals surface area (Å²) in [6, 6.07) is 32.7. The molecule has 16 nitrogen and oxygen atoms in total. The van der Waals surface area contributed by atoms with Crippen molar-refractivity contribution in [3.05, 3.63) is 164 Å². The van der Waals surface area contributed by atoms with E-state index in [0.29, 0.717) is 88.4 Å². The first-order valence-electron chi connectivity index (χ1n) is 24.6. The van der Waals surface area contributed by atoms with Crippen molar-refractivity contribution in [3.63, 3.8) is 0 Å². The molecule has 0 aliphatic heterocycles. The third kappa shape index (κ3) is 18.7. The van der Waals surface area contributed by atoms with Gasteiger partial charge in [-0.1, -0.05) is 44.0 Å². The number of carbonyl (C=O) groups is 5. The second-order valence-corrected chi connectivity index (χ2v) is 16.6. The Morgan fingerprint density at radius 3 is 1.28 bits per heavy atom. The van der Waals surface area contributed by atoms with E-state index in [9.17, 15) is 24.0 Å². The van der Waals surface area contributed by atoms with E-state index >= 15 is 0 Å². The van der Waals surface area contributed by atoms with Gasteiger partial charge in [-0.05, 0) is 136 Å². The van der Waals surface area contributed by atoms with Crippen molar-refractivity contribution in [1.29, 1.82) is 0 Å². The fraction of sp³-hybridized carbons (Fsp3) is 0.271.